The van der Waals surface area contributed by atoms with Crippen molar-refractivity contribution in [3.8, 4) is 0 Å². The molecule has 0 spiro atoms. The van der Waals surface area contributed by atoms with Gasteiger partial charge in [-0.15, -0.1) is 0 Å². The number of carbonyl (C=O) groups is 2. The minimum Gasteiger partial charge on any atom is -0.478 e. The molecule has 0 aromatic heterocycles. The van der Waals surface area contributed by atoms with Crippen molar-refractivity contribution in [3.63, 3.8) is 0 Å². The van der Waals surface area contributed by atoms with Crippen LogP contribution in [0.25, 0.3) is 0 Å². The van der Waals surface area contributed by atoms with Crippen LogP contribution in [0, 0.1) is 0 Å². The number of hydrogen-bond acceptors (Lipinski definition) is 4. The third-order valence-corrected chi connectivity index (χ3v) is 5.33. The molecule has 2 N–H and O–H groups in total. The second-order valence-corrected chi connectivity index (χ2v) is 8.01. The third-order valence-electron chi connectivity index (χ3n) is 4.06. The lowest BCUT2D eigenvalue weighted by atomic mass is 10.1. The van der Waals surface area contributed by atoms with Gasteiger partial charge in [0.1, 0.15) is 0 Å². The van der Waals surface area contributed by atoms with Gasteiger partial charge >= 0.3 is 5.97 Å². The molecule has 1 atom stereocenters. The molecule has 1 aromatic rings. The highest BCUT2D eigenvalue weighted by Gasteiger charge is 2.26. The van der Waals surface area contributed by atoms with Gasteiger partial charge < -0.3 is 10.4 Å². The van der Waals surface area contributed by atoms with Crippen LogP contribution in [0.15, 0.2) is 24.3 Å². The number of nitrogens with one attached hydrogen (secondary N) is 1. The summed E-state index contributed by atoms with van der Waals surface area (Å²) in [6.07, 6.45) is 3.47. The zero-order chi connectivity index (χ0) is 17.7. The number of amides is 1. The Morgan fingerprint density at radius 2 is 1.96 bits per heavy atom. The summed E-state index contributed by atoms with van der Waals surface area (Å²) in [6, 6.07) is 6.27. The third kappa shape index (κ3) is 5.31. The molecule has 0 bridgehead atoms. The van der Waals surface area contributed by atoms with Gasteiger partial charge in [-0.05, 0) is 37.0 Å². The Morgan fingerprint density at radius 3 is 2.54 bits per heavy atom. The number of rotatable bonds is 6. The summed E-state index contributed by atoms with van der Waals surface area (Å²) < 4.78 is 24.5. The monoisotopic (exact) mass is 354 g/mol. The summed E-state index contributed by atoms with van der Waals surface area (Å²) in [5.74, 6) is -1.11. The standard InChI is InChI=1S/C16H22N2O5S/c1-24(22,23)18-10-2-3-14(11-18)17-15(19)9-6-12-4-7-13(8-5-12)16(20)21/h4-5,7-8,14H,2-3,6,9-11H2,1H3,(H,17,19)(H,20,21). The molecule has 7 nitrogen and oxygen atoms in total. The minimum atomic E-state index is -3.23. The van der Waals surface area contributed by atoms with Crippen LogP contribution in [0.2, 0.25) is 0 Å². The SMILES string of the molecule is CS(=O)(=O)N1CCCC(NC(=O)CCc2ccc(C(=O)O)cc2)C1. The van der Waals surface area contributed by atoms with E-state index in [2.05, 4.69) is 5.32 Å². The largest absolute Gasteiger partial charge is 0.478 e. The molecule has 0 saturated carbocycles. The number of sulfonamides is 1. The van der Waals surface area contributed by atoms with Crippen LogP contribution in [0.4, 0.5) is 0 Å². The molecular formula is C16H22N2O5S. The fourth-order valence-corrected chi connectivity index (χ4v) is 3.64. The topological polar surface area (TPSA) is 104 Å². The number of carboxylic acid groups (broad SMARTS) is 1. The summed E-state index contributed by atoms with van der Waals surface area (Å²) in [4.78, 5) is 22.8. The molecule has 0 radical (unpaired) electrons. The number of aryl methyl sites for hydroxylation is 1. The van der Waals surface area contributed by atoms with E-state index in [-0.39, 0.29) is 23.9 Å². The zero-order valence-corrected chi connectivity index (χ0v) is 14.4. The van der Waals surface area contributed by atoms with E-state index in [0.717, 1.165) is 18.4 Å². The van der Waals surface area contributed by atoms with Gasteiger partial charge in [-0.1, -0.05) is 12.1 Å². The Labute approximate surface area is 141 Å². The van der Waals surface area contributed by atoms with Crippen LogP contribution in [0.5, 0.6) is 0 Å². The van der Waals surface area contributed by atoms with E-state index in [1.54, 1.807) is 12.1 Å². The van der Waals surface area contributed by atoms with Gasteiger partial charge in [0.05, 0.1) is 11.8 Å². The molecule has 1 unspecified atom stereocenters. The van der Waals surface area contributed by atoms with Crippen LogP contribution in [0.3, 0.4) is 0 Å². The Bertz CT molecular complexity index is 700. The van der Waals surface area contributed by atoms with Crippen LogP contribution < -0.4 is 5.32 Å². The number of hydrogen-bond donors (Lipinski definition) is 2. The van der Waals surface area contributed by atoms with Gasteiger partial charge in [-0.3, -0.25) is 4.79 Å². The fraction of sp³-hybridized carbons (Fsp3) is 0.500. The Hall–Kier alpha value is -1.93. The molecule has 1 amide bonds. The van der Waals surface area contributed by atoms with E-state index in [1.165, 1.54) is 22.7 Å². The minimum absolute atomic E-state index is 0.127. The molecule has 0 aliphatic carbocycles. The Balaban J connectivity index is 1.81. The van der Waals surface area contributed by atoms with Gasteiger partial charge in [0, 0.05) is 25.6 Å². The van der Waals surface area contributed by atoms with Crippen molar-refractivity contribution < 1.29 is 23.1 Å². The first-order valence-corrected chi connectivity index (χ1v) is 9.67. The molecule has 1 aromatic carbocycles. The summed E-state index contributed by atoms with van der Waals surface area (Å²) in [7, 11) is -3.23. The van der Waals surface area contributed by atoms with Crippen LogP contribution in [-0.4, -0.2) is 55.1 Å². The van der Waals surface area contributed by atoms with Gasteiger partial charge in [-0.2, -0.15) is 0 Å². The quantitative estimate of drug-likeness (QED) is 0.788. The van der Waals surface area contributed by atoms with Crippen molar-refractivity contribution in [1.29, 1.82) is 0 Å². The molecule has 2 rings (SSSR count). The van der Waals surface area contributed by atoms with Crippen molar-refractivity contribution in [1.82, 2.24) is 9.62 Å². The predicted octanol–water partition coefficient (Wildman–Crippen LogP) is 0.858. The lowest BCUT2D eigenvalue weighted by Crippen LogP contribution is -2.49. The van der Waals surface area contributed by atoms with E-state index in [1.807, 2.05) is 0 Å². The molecule has 1 heterocycles. The highest BCUT2D eigenvalue weighted by molar-refractivity contribution is 7.88. The zero-order valence-electron chi connectivity index (χ0n) is 13.6. The molecule has 132 valence electrons. The predicted molar refractivity (Wildman–Crippen MR) is 89.3 cm³/mol. The summed E-state index contributed by atoms with van der Waals surface area (Å²) in [6.45, 7) is 0.818. The van der Waals surface area contributed by atoms with Gasteiger partial charge in [0.15, 0.2) is 0 Å². The lowest BCUT2D eigenvalue weighted by Gasteiger charge is -2.31. The second-order valence-electron chi connectivity index (χ2n) is 6.03. The average Bonchev–Trinajstić information content (AvgIpc) is 2.53. The van der Waals surface area contributed by atoms with E-state index in [9.17, 15) is 18.0 Å². The van der Waals surface area contributed by atoms with Crippen molar-refractivity contribution in [2.24, 2.45) is 0 Å². The number of piperidine rings is 1. The number of aromatic carboxylic acids is 1. The highest BCUT2D eigenvalue weighted by atomic mass is 32.2. The molecule has 1 aliphatic rings. The van der Waals surface area contributed by atoms with E-state index >= 15 is 0 Å². The number of carboxylic acids is 1. The van der Waals surface area contributed by atoms with Gasteiger partial charge in [0.2, 0.25) is 15.9 Å². The molecule has 1 saturated heterocycles. The summed E-state index contributed by atoms with van der Waals surface area (Å²) >= 11 is 0. The number of carbonyl (C=O) groups excluding carboxylic acids is 1. The fourth-order valence-electron chi connectivity index (χ4n) is 2.73. The average molecular weight is 354 g/mol. The Kier molecular flexibility index (Phi) is 5.95. The summed E-state index contributed by atoms with van der Waals surface area (Å²) in [5, 5.41) is 11.7. The van der Waals surface area contributed by atoms with E-state index in [4.69, 9.17) is 5.11 Å². The first-order chi connectivity index (χ1) is 11.3. The van der Waals surface area contributed by atoms with Crippen LogP contribution in [-0.2, 0) is 21.2 Å². The highest BCUT2D eigenvalue weighted by Crippen LogP contribution is 2.13. The lowest BCUT2D eigenvalue weighted by molar-refractivity contribution is -0.122. The van der Waals surface area contributed by atoms with Crippen molar-refractivity contribution in [2.45, 2.75) is 31.7 Å². The second kappa shape index (κ2) is 7.76. The number of benzene rings is 1. The Morgan fingerprint density at radius 1 is 1.29 bits per heavy atom. The molecule has 1 fully saturated rings. The number of nitrogens with zero attached hydrogens (tertiary/aromatic N) is 1. The van der Waals surface area contributed by atoms with Gasteiger partial charge in [0.25, 0.3) is 0 Å². The van der Waals surface area contributed by atoms with Crippen LogP contribution >= 0.6 is 0 Å². The maximum absolute atomic E-state index is 12.0. The van der Waals surface area contributed by atoms with Crippen molar-refractivity contribution in [2.75, 3.05) is 19.3 Å². The van der Waals surface area contributed by atoms with Crippen LogP contribution in [0.1, 0.15) is 35.2 Å². The smallest absolute Gasteiger partial charge is 0.335 e. The van der Waals surface area contributed by atoms with E-state index in [0.29, 0.717) is 19.5 Å². The molecule has 8 heteroatoms. The molecule has 1 aliphatic heterocycles. The molecule has 24 heavy (non-hydrogen) atoms. The van der Waals surface area contributed by atoms with Crippen molar-refractivity contribution >= 4 is 21.9 Å². The van der Waals surface area contributed by atoms with Gasteiger partial charge in [-0.25, -0.2) is 17.5 Å². The van der Waals surface area contributed by atoms with E-state index < -0.39 is 16.0 Å². The maximum atomic E-state index is 12.0. The van der Waals surface area contributed by atoms with Crippen molar-refractivity contribution in [3.05, 3.63) is 35.4 Å². The maximum Gasteiger partial charge on any atom is 0.335 e. The molecular weight excluding hydrogens is 332 g/mol. The first-order valence-electron chi connectivity index (χ1n) is 7.82. The summed E-state index contributed by atoms with van der Waals surface area (Å²) in [5.41, 5.74) is 1.10. The normalized spacial score (nSPS) is 19.0. The first kappa shape index (κ1) is 18.4.